The Hall–Kier alpha value is -1.92. The molecule has 1 aromatic heterocycles. The van der Waals surface area contributed by atoms with Gasteiger partial charge < -0.3 is 14.7 Å². The average molecular weight is 419 g/mol. The van der Waals surface area contributed by atoms with Crippen LogP contribution in [0.2, 0.25) is 0 Å². The minimum absolute atomic E-state index is 0. The summed E-state index contributed by atoms with van der Waals surface area (Å²) < 4.78 is 5.38. The predicted octanol–water partition coefficient (Wildman–Crippen LogP) is 3.82. The Bertz CT molecular complexity index is 814. The van der Waals surface area contributed by atoms with Gasteiger partial charge in [-0.2, -0.15) is 4.98 Å². The number of carbonyl (C=O) groups excluding carboxylic acids is 1. The summed E-state index contributed by atoms with van der Waals surface area (Å²) in [4.78, 5) is 19.5. The third-order valence-electron chi connectivity index (χ3n) is 5.85. The van der Waals surface area contributed by atoms with E-state index in [1.54, 1.807) is 0 Å². The number of hydrogen-bond donors (Lipinski definition) is 1. The number of likely N-dealkylation sites (tertiary alicyclic amines) is 1. The van der Waals surface area contributed by atoms with E-state index in [2.05, 4.69) is 36.2 Å². The second-order valence-corrected chi connectivity index (χ2v) is 9.37. The Labute approximate surface area is 178 Å². The fourth-order valence-corrected chi connectivity index (χ4v) is 4.26. The molecule has 0 spiro atoms. The molecule has 1 N–H and O–H groups in total. The molecule has 2 aliphatic heterocycles. The molecule has 2 aliphatic rings. The van der Waals surface area contributed by atoms with Crippen molar-refractivity contribution in [3.63, 3.8) is 0 Å². The van der Waals surface area contributed by atoms with E-state index < -0.39 is 0 Å². The maximum atomic E-state index is 12.9. The highest BCUT2D eigenvalue weighted by Gasteiger charge is 2.31. The first-order chi connectivity index (χ1) is 13.4. The quantitative estimate of drug-likeness (QED) is 0.820. The van der Waals surface area contributed by atoms with Crippen molar-refractivity contribution in [1.82, 2.24) is 20.4 Å². The molecule has 6 nitrogen and oxygen atoms in total. The summed E-state index contributed by atoms with van der Waals surface area (Å²) in [7, 11) is 0. The first-order valence-electron chi connectivity index (χ1n) is 10.3. The van der Waals surface area contributed by atoms with Crippen LogP contribution in [0.25, 0.3) is 11.4 Å². The molecule has 2 atom stereocenters. The summed E-state index contributed by atoms with van der Waals surface area (Å²) in [5.41, 5.74) is 1.70. The van der Waals surface area contributed by atoms with Crippen LogP contribution in [0.15, 0.2) is 28.8 Å². The minimum Gasteiger partial charge on any atom is -0.339 e. The van der Waals surface area contributed by atoms with Gasteiger partial charge in [-0.15, -0.1) is 12.4 Å². The molecule has 0 unspecified atom stereocenters. The van der Waals surface area contributed by atoms with Gasteiger partial charge in [0.25, 0.3) is 5.91 Å². The Morgan fingerprint density at radius 3 is 2.34 bits per heavy atom. The van der Waals surface area contributed by atoms with Gasteiger partial charge in [0.05, 0.1) is 0 Å². The van der Waals surface area contributed by atoms with Crippen LogP contribution in [0.4, 0.5) is 0 Å². The van der Waals surface area contributed by atoms with Crippen LogP contribution >= 0.6 is 12.4 Å². The van der Waals surface area contributed by atoms with Gasteiger partial charge in [0, 0.05) is 30.6 Å². The number of hydrogen-bond acceptors (Lipinski definition) is 5. The predicted molar refractivity (Wildman–Crippen MR) is 115 cm³/mol. The molecule has 0 aliphatic carbocycles. The molecule has 0 radical (unpaired) electrons. The number of halogens is 1. The fraction of sp³-hybridized carbons (Fsp3) is 0.591. The summed E-state index contributed by atoms with van der Waals surface area (Å²) in [6, 6.07) is 7.58. The van der Waals surface area contributed by atoms with E-state index in [0.29, 0.717) is 11.7 Å². The number of nitrogens with one attached hydrogen (secondary N) is 1. The monoisotopic (exact) mass is 418 g/mol. The van der Waals surface area contributed by atoms with E-state index in [-0.39, 0.29) is 23.7 Å². The van der Waals surface area contributed by atoms with Crippen molar-refractivity contribution in [2.24, 2.45) is 17.3 Å². The maximum Gasteiger partial charge on any atom is 0.253 e. The molecule has 1 amide bonds. The van der Waals surface area contributed by atoms with Crippen LogP contribution in [0.1, 0.15) is 49.9 Å². The van der Waals surface area contributed by atoms with Gasteiger partial charge in [0.2, 0.25) is 11.7 Å². The van der Waals surface area contributed by atoms with Crippen molar-refractivity contribution in [3.05, 3.63) is 35.7 Å². The molecular formula is C22H31ClN4O2. The smallest absolute Gasteiger partial charge is 0.253 e. The summed E-state index contributed by atoms with van der Waals surface area (Å²) >= 11 is 0. The second-order valence-electron chi connectivity index (χ2n) is 9.37. The number of carbonyl (C=O) groups is 1. The topological polar surface area (TPSA) is 71.3 Å². The zero-order valence-corrected chi connectivity index (χ0v) is 18.3. The lowest BCUT2D eigenvalue weighted by Gasteiger charge is -2.21. The lowest BCUT2D eigenvalue weighted by atomic mass is 9.92. The largest absolute Gasteiger partial charge is 0.339 e. The van der Waals surface area contributed by atoms with Gasteiger partial charge >= 0.3 is 0 Å². The highest BCUT2D eigenvalue weighted by molar-refractivity contribution is 5.94. The summed E-state index contributed by atoms with van der Waals surface area (Å²) in [6.45, 7) is 10.3. The van der Waals surface area contributed by atoms with Crippen molar-refractivity contribution < 1.29 is 9.32 Å². The zero-order chi connectivity index (χ0) is 19.7. The Morgan fingerprint density at radius 2 is 1.76 bits per heavy atom. The lowest BCUT2D eigenvalue weighted by Crippen LogP contribution is -2.32. The first kappa shape index (κ1) is 21.8. The van der Waals surface area contributed by atoms with Crippen molar-refractivity contribution in [1.29, 1.82) is 0 Å². The minimum atomic E-state index is 0. The Morgan fingerprint density at radius 1 is 1.14 bits per heavy atom. The standard InChI is InChI=1S/C22H30N4O2.ClH/c1-22(2,3)12-19-24-20(25-28-19)15-4-6-16(7-5-15)21(27)26-10-8-17-13-23-14-18(17)9-11-26;/h4-7,17-18,23H,8-14H2,1-3H3;1H/t17-,18+;. The molecule has 4 rings (SSSR count). The number of amides is 1. The second kappa shape index (κ2) is 8.84. The van der Waals surface area contributed by atoms with Gasteiger partial charge in [-0.3, -0.25) is 4.79 Å². The maximum absolute atomic E-state index is 12.9. The molecule has 29 heavy (non-hydrogen) atoms. The summed E-state index contributed by atoms with van der Waals surface area (Å²) in [5, 5.41) is 7.57. The van der Waals surface area contributed by atoms with E-state index in [9.17, 15) is 4.79 Å². The van der Waals surface area contributed by atoms with Crippen LogP contribution in [-0.4, -0.2) is 47.1 Å². The average Bonchev–Trinajstić information content (AvgIpc) is 3.25. The SMILES string of the molecule is CC(C)(C)Cc1nc(-c2ccc(C(=O)N3CC[C@@H]4CNC[C@@H]4CC3)cc2)no1.Cl. The third-order valence-corrected chi connectivity index (χ3v) is 5.85. The molecule has 2 fully saturated rings. The van der Waals surface area contributed by atoms with Crippen molar-refractivity contribution in [2.75, 3.05) is 26.2 Å². The third kappa shape index (κ3) is 5.17. The number of fused-ring (bicyclic) bond motifs is 1. The summed E-state index contributed by atoms with van der Waals surface area (Å²) in [5.74, 6) is 2.79. The molecule has 2 aromatic rings. The van der Waals surface area contributed by atoms with E-state index in [1.165, 1.54) is 0 Å². The highest BCUT2D eigenvalue weighted by atomic mass is 35.5. The van der Waals surface area contributed by atoms with E-state index >= 15 is 0 Å². The number of rotatable bonds is 3. The molecule has 7 heteroatoms. The van der Waals surface area contributed by atoms with Crippen molar-refractivity contribution in [2.45, 2.75) is 40.0 Å². The zero-order valence-electron chi connectivity index (χ0n) is 17.5. The highest BCUT2D eigenvalue weighted by Crippen LogP contribution is 2.28. The van der Waals surface area contributed by atoms with Crippen LogP contribution in [-0.2, 0) is 6.42 Å². The van der Waals surface area contributed by atoms with Crippen molar-refractivity contribution >= 4 is 18.3 Å². The molecule has 158 valence electrons. The Balaban J connectivity index is 0.00000240. The fourth-order valence-electron chi connectivity index (χ4n) is 4.26. The van der Waals surface area contributed by atoms with Crippen LogP contribution < -0.4 is 5.32 Å². The van der Waals surface area contributed by atoms with Crippen molar-refractivity contribution in [3.8, 4) is 11.4 Å². The summed E-state index contributed by atoms with van der Waals surface area (Å²) in [6.07, 6.45) is 2.94. The number of benzene rings is 1. The lowest BCUT2D eigenvalue weighted by molar-refractivity contribution is 0.0758. The van der Waals surface area contributed by atoms with Gasteiger partial charge in [-0.1, -0.05) is 38.1 Å². The Kier molecular flexibility index (Phi) is 6.64. The molecule has 0 saturated carbocycles. The molecule has 3 heterocycles. The van der Waals surface area contributed by atoms with Gasteiger partial charge in [-0.25, -0.2) is 0 Å². The van der Waals surface area contributed by atoms with Crippen LogP contribution in [0.5, 0.6) is 0 Å². The molecule has 1 aromatic carbocycles. The van der Waals surface area contributed by atoms with Crippen LogP contribution in [0.3, 0.4) is 0 Å². The molecular weight excluding hydrogens is 388 g/mol. The number of aromatic nitrogens is 2. The number of nitrogens with zero attached hydrogens (tertiary/aromatic N) is 3. The first-order valence-corrected chi connectivity index (χ1v) is 10.3. The van der Waals surface area contributed by atoms with Gasteiger partial charge in [-0.05, 0) is 55.3 Å². The van der Waals surface area contributed by atoms with E-state index in [4.69, 9.17) is 4.52 Å². The van der Waals surface area contributed by atoms with E-state index in [1.807, 2.05) is 29.2 Å². The molecule has 2 saturated heterocycles. The molecule has 0 bridgehead atoms. The van der Waals surface area contributed by atoms with Gasteiger partial charge in [0.15, 0.2) is 0 Å². The normalized spacial score (nSPS) is 22.0. The van der Waals surface area contributed by atoms with E-state index in [0.717, 1.165) is 68.4 Å². The van der Waals surface area contributed by atoms with Gasteiger partial charge in [0.1, 0.15) is 0 Å². The van der Waals surface area contributed by atoms with Crippen LogP contribution in [0, 0.1) is 17.3 Å².